The molecule has 0 aliphatic heterocycles. The third-order valence-electron chi connectivity index (χ3n) is 4.29. The summed E-state index contributed by atoms with van der Waals surface area (Å²) in [7, 11) is 0. The number of rotatable bonds is 11. The highest BCUT2D eigenvalue weighted by Crippen LogP contribution is 2.25. The van der Waals surface area contributed by atoms with Crippen molar-refractivity contribution in [1.29, 1.82) is 5.26 Å². The highest BCUT2D eigenvalue weighted by Gasteiger charge is 2.11. The second kappa shape index (κ2) is 11.9. The van der Waals surface area contributed by atoms with E-state index in [9.17, 15) is 5.26 Å². The van der Waals surface area contributed by atoms with Crippen molar-refractivity contribution in [3.63, 3.8) is 0 Å². The van der Waals surface area contributed by atoms with E-state index in [1.54, 1.807) is 0 Å². The fraction of sp³-hybridized carbons (Fsp3) is 0.650. The summed E-state index contributed by atoms with van der Waals surface area (Å²) in [6, 6.07) is 6.55. The summed E-state index contributed by atoms with van der Waals surface area (Å²) in [5.41, 5.74) is 3.77. The van der Waals surface area contributed by atoms with Crippen LogP contribution in [0.5, 0.6) is 0 Å². The van der Waals surface area contributed by atoms with Crippen LogP contribution in [-0.4, -0.2) is 0 Å². The van der Waals surface area contributed by atoms with Gasteiger partial charge in [0.2, 0.25) is 0 Å². The average Bonchev–Trinajstić information content (AvgIpc) is 2.53. The van der Waals surface area contributed by atoms with Crippen LogP contribution < -0.4 is 0 Å². The van der Waals surface area contributed by atoms with Crippen LogP contribution in [0.3, 0.4) is 0 Å². The van der Waals surface area contributed by atoms with E-state index in [0.717, 1.165) is 12.0 Å². The largest absolute Gasteiger partial charge is 0.192 e. The zero-order chi connectivity index (χ0) is 16.2. The number of halogens is 1. The van der Waals surface area contributed by atoms with E-state index >= 15 is 0 Å². The molecule has 0 heterocycles. The number of aryl methyl sites for hydroxylation is 1. The van der Waals surface area contributed by atoms with E-state index in [-0.39, 0.29) is 0 Å². The van der Waals surface area contributed by atoms with Gasteiger partial charge in [-0.2, -0.15) is 5.26 Å². The van der Waals surface area contributed by atoms with Crippen LogP contribution in [0.4, 0.5) is 0 Å². The quantitative estimate of drug-likeness (QED) is 0.290. The second-order valence-electron chi connectivity index (χ2n) is 6.15. The molecule has 2 heteroatoms. The Hall–Kier alpha value is -0.560. The summed E-state index contributed by atoms with van der Waals surface area (Å²) >= 11 is 2.38. The number of benzene rings is 1. The lowest BCUT2D eigenvalue weighted by Crippen LogP contribution is -2.01. The van der Waals surface area contributed by atoms with Crippen molar-refractivity contribution in [1.82, 2.24) is 0 Å². The van der Waals surface area contributed by atoms with Gasteiger partial charge in [0.1, 0.15) is 6.07 Å². The zero-order valence-electron chi connectivity index (χ0n) is 14.3. The van der Waals surface area contributed by atoms with E-state index in [1.165, 1.54) is 78.9 Å². The molecule has 0 saturated carbocycles. The van der Waals surface area contributed by atoms with E-state index in [4.69, 9.17) is 0 Å². The van der Waals surface area contributed by atoms with Crippen LogP contribution in [0.15, 0.2) is 12.1 Å². The Morgan fingerprint density at radius 3 is 2.14 bits per heavy atom. The SMILES string of the molecule is CCCCCCCCc1ccc(C#N)c(I)c1CCCCC. The van der Waals surface area contributed by atoms with Gasteiger partial charge in [0.05, 0.1) is 5.56 Å². The lowest BCUT2D eigenvalue weighted by Gasteiger charge is -2.13. The van der Waals surface area contributed by atoms with E-state index in [0.29, 0.717) is 0 Å². The maximum absolute atomic E-state index is 9.25. The van der Waals surface area contributed by atoms with Crippen LogP contribution in [0.25, 0.3) is 0 Å². The third-order valence-corrected chi connectivity index (χ3v) is 5.52. The van der Waals surface area contributed by atoms with Crippen molar-refractivity contribution in [2.75, 3.05) is 0 Å². The molecule has 122 valence electrons. The van der Waals surface area contributed by atoms with Gasteiger partial charge in [0.15, 0.2) is 0 Å². The fourth-order valence-corrected chi connectivity index (χ4v) is 3.82. The number of nitriles is 1. The minimum absolute atomic E-state index is 0.846. The molecule has 22 heavy (non-hydrogen) atoms. The van der Waals surface area contributed by atoms with Crippen LogP contribution >= 0.6 is 22.6 Å². The molecule has 0 fully saturated rings. The van der Waals surface area contributed by atoms with Gasteiger partial charge >= 0.3 is 0 Å². The smallest absolute Gasteiger partial charge is 0.100 e. The Bertz CT molecular complexity index is 473. The van der Waals surface area contributed by atoms with Gasteiger partial charge in [0, 0.05) is 3.57 Å². The first-order valence-corrected chi connectivity index (χ1v) is 10.0. The maximum atomic E-state index is 9.25. The molecule has 0 saturated heterocycles. The summed E-state index contributed by atoms with van der Waals surface area (Å²) in [6.07, 6.45) is 14.1. The molecule has 0 amide bonds. The van der Waals surface area contributed by atoms with Crippen molar-refractivity contribution < 1.29 is 0 Å². The summed E-state index contributed by atoms with van der Waals surface area (Å²) in [5.74, 6) is 0. The Morgan fingerprint density at radius 2 is 1.45 bits per heavy atom. The van der Waals surface area contributed by atoms with Gasteiger partial charge in [0.25, 0.3) is 0 Å². The molecular weight excluding hydrogens is 381 g/mol. The Balaban J connectivity index is 2.63. The molecule has 0 spiro atoms. The minimum atomic E-state index is 0.846. The van der Waals surface area contributed by atoms with E-state index in [2.05, 4.69) is 48.6 Å². The molecule has 0 aliphatic carbocycles. The molecule has 1 aromatic carbocycles. The monoisotopic (exact) mass is 411 g/mol. The van der Waals surface area contributed by atoms with E-state index in [1.807, 2.05) is 6.07 Å². The molecule has 1 rings (SSSR count). The van der Waals surface area contributed by atoms with Crippen molar-refractivity contribution >= 4 is 22.6 Å². The normalized spacial score (nSPS) is 10.6. The fourth-order valence-electron chi connectivity index (χ4n) is 2.90. The number of unbranched alkanes of at least 4 members (excludes halogenated alkanes) is 7. The van der Waals surface area contributed by atoms with E-state index < -0.39 is 0 Å². The standard InChI is InChI=1S/C20H30IN/c1-3-5-7-8-9-11-12-17-14-15-18(16-22)20(21)19(17)13-10-6-4-2/h14-15H,3-13H2,1-2H3. The number of hydrogen-bond acceptors (Lipinski definition) is 1. The third kappa shape index (κ3) is 6.69. The van der Waals surface area contributed by atoms with Gasteiger partial charge in [-0.25, -0.2) is 0 Å². The minimum Gasteiger partial charge on any atom is -0.192 e. The topological polar surface area (TPSA) is 23.8 Å². The number of nitrogens with zero attached hydrogens (tertiary/aromatic N) is 1. The summed E-state index contributed by atoms with van der Waals surface area (Å²) in [4.78, 5) is 0. The molecular formula is C20H30IN. The molecule has 0 N–H and O–H groups in total. The predicted octanol–water partition coefficient (Wildman–Crippen LogP) is 6.80. The lowest BCUT2D eigenvalue weighted by molar-refractivity contribution is 0.605. The second-order valence-corrected chi connectivity index (χ2v) is 7.23. The van der Waals surface area contributed by atoms with Crippen LogP contribution in [0.1, 0.15) is 88.3 Å². The molecule has 0 aliphatic rings. The van der Waals surface area contributed by atoms with Gasteiger partial charge in [-0.1, -0.05) is 64.9 Å². The average molecular weight is 411 g/mol. The summed E-state index contributed by atoms with van der Waals surface area (Å²) < 4.78 is 1.19. The first-order chi connectivity index (χ1) is 10.7. The van der Waals surface area contributed by atoms with Gasteiger partial charge in [-0.05, 0) is 65.5 Å². The molecule has 1 aromatic rings. The van der Waals surface area contributed by atoms with Crippen molar-refractivity contribution in [3.8, 4) is 6.07 Å². The highest BCUT2D eigenvalue weighted by atomic mass is 127. The zero-order valence-corrected chi connectivity index (χ0v) is 16.4. The first-order valence-electron chi connectivity index (χ1n) is 8.94. The van der Waals surface area contributed by atoms with Crippen LogP contribution in [-0.2, 0) is 12.8 Å². The van der Waals surface area contributed by atoms with Gasteiger partial charge < -0.3 is 0 Å². The first kappa shape index (κ1) is 19.5. The van der Waals surface area contributed by atoms with Crippen LogP contribution in [0.2, 0.25) is 0 Å². The number of hydrogen-bond donors (Lipinski definition) is 0. The molecule has 1 nitrogen and oxygen atoms in total. The highest BCUT2D eigenvalue weighted by molar-refractivity contribution is 14.1. The maximum Gasteiger partial charge on any atom is 0.100 e. The lowest BCUT2D eigenvalue weighted by atomic mass is 9.95. The molecule has 0 aromatic heterocycles. The summed E-state index contributed by atoms with van der Waals surface area (Å²) in [5, 5.41) is 9.25. The van der Waals surface area contributed by atoms with Crippen molar-refractivity contribution in [2.45, 2.75) is 84.5 Å². The van der Waals surface area contributed by atoms with Gasteiger partial charge in [-0.15, -0.1) is 0 Å². The molecule has 0 atom stereocenters. The Kier molecular flexibility index (Phi) is 10.6. The summed E-state index contributed by atoms with van der Waals surface area (Å²) in [6.45, 7) is 4.51. The molecule has 0 unspecified atom stereocenters. The molecule has 0 radical (unpaired) electrons. The van der Waals surface area contributed by atoms with Crippen molar-refractivity contribution in [2.24, 2.45) is 0 Å². The van der Waals surface area contributed by atoms with Crippen LogP contribution in [0, 0.1) is 14.9 Å². The Labute approximate surface area is 150 Å². The Morgan fingerprint density at radius 1 is 0.864 bits per heavy atom. The van der Waals surface area contributed by atoms with Gasteiger partial charge in [-0.3, -0.25) is 0 Å². The predicted molar refractivity (Wildman–Crippen MR) is 104 cm³/mol. The molecule has 0 bridgehead atoms. The van der Waals surface area contributed by atoms with Crippen molar-refractivity contribution in [3.05, 3.63) is 32.4 Å².